The molecular weight excluding hydrogens is 387 g/mol. The summed E-state index contributed by atoms with van der Waals surface area (Å²) in [5, 5.41) is 14.7. The summed E-state index contributed by atoms with van der Waals surface area (Å²) in [6.07, 6.45) is 2.09. The lowest BCUT2D eigenvalue weighted by Crippen LogP contribution is -2.30. The number of aromatic nitrogens is 5. The first kappa shape index (κ1) is 19.6. The molecule has 0 fully saturated rings. The molecule has 0 unspecified atom stereocenters. The summed E-state index contributed by atoms with van der Waals surface area (Å²) < 4.78 is 21.1. The number of rotatable bonds is 7. The van der Waals surface area contributed by atoms with Gasteiger partial charge in [-0.15, -0.1) is 5.10 Å². The number of benzene rings is 2. The fraction of sp³-hybridized carbons (Fsp3) is 0.238. The molecule has 0 aliphatic rings. The van der Waals surface area contributed by atoms with Crippen LogP contribution in [-0.2, 0) is 11.2 Å². The van der Waals surface area contributed by atoms with Gasteiger partial charge in [-0.3, -0.25) is 4.79 Å². The molecule has 8 nitrogen and oxygen atoms in total. The molecule has 0 aliphatic heterocycles. The molecule has 1 amide bonds. The minimum atomic E-state index is -0.270. The number of carbonyl (C=O) groups excluding carboxylic acids is 1. The van der Waals surface area contributed by atoms with E-state index in [1.807, 2.05) is 13.8 Å². The Hall–Kier alpha value is -3.75. The van der Waals surface area contributed by atoms with Crippen LogP contribution < -0.4 is 10.1 Å². The molecule has 0 atom stereocenters. The number of nitrogens with one attached hydrogen (secondary N) is 2. The predicted octanol–water partition coefficient (Wildman–Crippen LogP) is 2.64. The third-order valence-electron chi connectivity index (χ3n) is 4.95. The summed E-state index contributed by atoms with van der Waals surface area (Å²) in [4.78, 5) is 15.2. The molecule has 0 saturated heterocycles. The van der Waals surface area contributed by atoms with Crippen LogP contribution in [-0.4, -0.2) is 44.3 Å². The second-order valence-electron chi connectivity index (χ2n) is 6.98. The van der Waals surface area contributed by atoms with Crippen molar-refractivity contribution in [3.05, 3.63) is 65.4 Å². The molecule has 2 aromatic carbocycles. The van der Waals surface area contributed by atoms with Crippen molar-refractivity contribution in [2.75, 3.05) is 13.2 Å². The number of aromatic amines is 1. The van der Waals surface area contributed by atoms with E-state index >= 15 is 0 Å². The molecule has 0 saturated carbocycles. The zero-order valence-corrected chi connectivity index (χ0v) is 16.6. The maximum absolute atomic E-state index is 14.0. The van der Waals surface area contributed by atoms with E-state index in [2.05, 4.69) is 25.8 Å². The number of aryl methyl sites for hydroxylation is 2. The van der Waals surface area contributed by atoms with Crippen LogP contribution in [0.3, 0.4) is 0 Å². The van der Waals surface area contributed by atoms with Gasteiger partial charge in [0.05, 0.1) is 11.2 Å². The van der Waals surface area contributed by atoms with Crippen LogP contribution in [0.5, 0.6) is 5.75 Å². The Labute approximate surface area is 172 Å². The van der Waals surface area contributed by atoms with E-state index in [-0.39, 0.29) is 18.3 Å². The maximum Gasteiger partial charge on any atom is 0.257 e. The Morgan fingerprint density at radius 1 is 1.20 bits per heavy atom. The fourth-order valence-electron chi connectivity index (χ4n) is 3.46. The van der Waals surface area contributed by atoms with E-state index in [0.717, 1.165) is 27.9 Å². The maximum atomic E-state index is 14.0. The van der Waals surface area contributed by atoms with Crippen molar-refractivity contribution in [2.45, 2.75) is 20.3 Å². The zero-order valence-electron chi connectivity index (χ0n) is 16.6. The van der Waals surface area contributed by atoms with Crippen LogP contribution >= 0.6 is 0 Å². The lowest BCUT2D eigenvalue weighted by Gasteiger charge is -2.09. The number of ether oxygens (including phenoxy) is 1. The zero-order chi connectivity index (χ0) is 21.1. The molecule has 4 aromatic rings. The molecule has 2 aromatic heterocycles. The van der Waals surface area contributed by atoms with Crippen molar-refractivity contribution in [2.24, 2.45) is 0 Å². The number of H-pyrrole nitrogens is 1. The molecule has 154 valence electrons. The number of hydrogen-bond donors (Lipinski definition) is 2. The van der Waals surface area contributed by atoms with Crippen LogP contribution in [0.15, 0.2) is 42.7 Å². The molecule has 0 bridgehead atoms. The average Bonchev–Trinajstić information content (AvgIpc) is 3.39. The quantitative estimate of drug-likeness (QED) is 0.490. The van der Waals surface area contributed by atoms with Crippen molar-refractivity contribution in [1.29, 1.82) is 0 Å². The van der Waals surface area contributed by atoms with E-state index < -0.39 is 0 Å². The minimum absolute atomic E-state index is 0.0925. The minimum Gasteiger partial charge on any atom is -0.484 e. The van der Waals surface area contributed by atoms with Gasteiger partial charge in [-0.25, -0.2) is 9.07 Å². The second kappa shape index (κ2) is 8.32. The van der Waals surface area contributed by atoms with E-state index in [1.54, 1.807) is 30.3 Å². The summed E-state index contributed by atoms with van der Waals surface area (Å²) in [5.41, 5.74) is 4.23. The molecule has 30 heavy (non-hydrogen) atoms. The van der Waals surface area contributed by atoms with Crippen molar-refractivity contribution in [1.82, 2.24) is 30.5 Å². The van der Waals surface area contributed by atoms with Crippen LogP contribution in [0, 0.1) is 19.7 Å². The lowest BCUT2D eigenvalue weighted by atomic mass is 10.0. The molecule has 0 radical (unpaired) electrons. The fourth-order valence-corrected chi connectivity index (χ4v) is 3.46. The summed E-state index contributed by atoms with van der Waals surface area (Å²) in [6.45, 7) is 4.21. The van der Waals surface area contributed by atoms with Gasteiger partial charge in [0, 0.05) is 17.6 Å². The number of carbonyl (C=O) groups is 1. The highest BCUT2D eigenvalue weighted by Crippen LogP contribution is 2.27. The third kappa shape index (κ3) is 4.00. The number of nitrogens with zero attached hydrogens (tertiary/aromatic N) is 4. The molecule has 4 rings (SSSR count). The largest absolute Gasteiger partial charge is 0.484 e. The van der Waals surface area contributed by atoms with Crippen LogP contribution in [0.1, 0.15) is 16.8 Å². The number of halogens is 1. The van der Waals surface area contributed by atoms with E-state index in [9.17, 15) is 9.18 Å². The van der Waals surface area contributed by atoms with Gasteiger partial charge < -0.3 is 15.0 Å². The monoisotopic (exact) mass is 408 g/mol. The van der Waals surface area contributed by atoms with Crippen LogP contribution in [0.4, 0.5) is 4.39 Å². The molecule has 2 N–H and O–H groups in total. The highest BCUT2D eigenvalue weighted by Gasteiger charge is 2.14. The summed E-state index contributed by atoms with van der Waals surface area (Å²) >= 11 is 0. The van der Waals surface area contributed by atoms with Crippen LogP contribution in [0.2, 0.25) is 0 Å². The standard InChI is InChI=1S/C21H21FN6O2/c1-13-3-8-18(22)21-20(13)17(14(2)25-21)9-10-23-19(29)11-30-16-6-4-15(5-7-16)28-12-24-26-27-28/h3-8,12,25H,9-11H2,1-2H3,(H,23,29). The average molecular weight is 408 g/mol. The molecule has 2 heterocycles. The van der Waals surface area contributed by atoms with Gasteiger partial charge in [-0.05, 0) is 72.2 Å². The third-order valence-corrected chi connectivity index (χ3v) is 4.95. The summed E-state index contributed by atoms with van der Waals surface area (Å²) in [6, 6.07) is 10.3. The highest BCUT2D eigenvalue weighted by atomic mass is 19.1. The summed E-state index contributed by atoms with van der Waals surface area (Å²) in [7, 11) is 0. The normalized spacial score (nSPS) is 11.0. The van der Waals surface area contributed by atoms with E-state index in [0.29, 0.717) is 24.2 Å². The SMILES string of the molecule is Cc1[nH]c2c(F)ccc(C)c2c1CCNC(=O)COc1ccc(-n2cnnn2)cc1. The Morgan fingerprint density at radius 3 is 2.73 bits per heavy atom. The van der Waals surface area contributed by atoms with Crippen molar-refractivity contribution in [3.8, 4) is 11.4 Å². The van der Waals surface area contributed by atoms with Gasteiger partial charge in [0.2, 0.25) is 0 Å². The molecule has 9 heteroatoms. The first-order valence-corrected chi connectivity index (χ1v) is 9.52. The van der Waals surface area contributed by atoms with Gasteiger partial charge in [-0.2, -0.15) is 0 Å². The number of amides is 1. The predicted molar refractivity (Wildman–Crippen MR) is 109 cm³/mol. The van der Waals surface area contributed by atoms with Gasteiger partial charge in [-0.1, -0.05) is 6.07 Å². The van der Waals surface area contributed by atoms with Crippen LogP contribution in [0.25, 0.3) is 16.6 Å². The smallest absolute Gasteiger partial charge is 0.257 e. The molecular formula is C21H21FN6O2. The van der Waals surface area contributed by atoms with Crippen molar-refractivity contribution < 1.29 is 13.9 Å². The first-order valence-electron chi connectivity index (χ1n) is 9.52. The van der Waals surface area contributed by atoms with Gasteiger partial charge in [0.25, 0.3) is 5.91 Å². The Kier molecular flexibility index (Phi) is 5.42. The van der Waals surface area contributed by atoms with Crippen molar-refractivity contribution >= 4 is 16.8 Å². The Bertz CT molecular complexity index is 1170. The number of tetrazole rings is 1. The molecule has 0 aliphatic carbocycles. The topological polar surface area (TPSA) is 97.7 Å². The molecule has 0 spiro atoms. The second-order valence-corrected chi connectivity index (χ2v) is 6.98. The Morgan fingerprint density at radius 2 is 2.00 bits per heavy atom. The number of fused-ring (bicyclic) bond motifs is 1. The highest BCUT2D eigenvalue weighted by molar-refractivity contribution is 5.88. The lowest BCUT2D eigenvalue weighted by molar-refractivity contribution is -0.123. The Balaban J connectivity index is 1.30. The van der Waals surface area contributed by atoms with E-state index in [1.165, 1.54) is 17.1 Å². The van der Waals surface area contributed by atoms with E-state index in [4.69, 9.17) is 4.74 Å². The van der Waals surface area contributed by atoms with Gasteiger partial charge >= 0.3 is 0 Å². The van der Waals surface area contributed by atoms with Gasteiger partial charge in [0.15, 0.2) is 6.61 Å². The van der Waals surface area contributed by atoms with Crippen molar-refractivity contribution in [3.63, 3.8) is 0 Å². The summed E-state index contributed by atoms with van der Waals surface area (Å²) in [5.74, 6) is 0.0778. The number of hydrogen-bond acceptors (Lipinski definition) is 5. The first-order chi connectivity index (χ1) is 14.5. The van der Waals surface area contributed by atoms with Gasteiger partial charge in [0.1, 0.15) is 17.9 Å².